The molecule has 0 N–H and O–H groups in total. The molecule has 8 heteroatoms. The maximum atomic E-state index is 12.3. The van der Waals surface area contributed by atoms with Gasteiger partial charge in [-0.25, -0.2) is 8.42 Å². The number of rotatable bonds is 3. The van der Waals surface area contributed by atoms with Crippen LogP contribution in [-0.2, 0) is 18.4 Å². The Balaban J connectivity index is 2.44. The zero-order valence-corrected chi connectivity index (χ0v) is 13.6. The van der Waals surface area contributed by atoms with Crippen molar-refractivity contribution >= 4 is 43.8 Å². The maximum absolute atomic E-state index is 12.3. The second-order valence-electron chi connectivity index (χ2n) is 5.15. The Bertz CT molecular complexity index is 697. The molecule has 0 aromatic heterocycles. The maximum Gasteiger partial charge on any atom is 0.237 e. The Hall–Kier alpha value is -0.840. The molecule has 0 radical (unpaired) electrons. The zero-order chi connectivity index (χ0) is 15.1. The Kier molecular flexibility index (Phi) is 4.02. The third kappa shape index (κ3) is 3.08. The van der Waals surface area contributed by atoms with Crippen LogP contribution in [0.5, 0.6) is 0 Å². The van der Waals surface area contributed by atoms with Gasteiger partial charge < -0.3 is 9.46 Å². The third-order valence-corrected chi connectivity index (χ3v) is 6.65. The first-order valence-electron chi connectivity index (χ1n) is 5.99. The molecule has 20 heavy (non-hydrogen) atoms. The number of carbonyl (C=O) groups excluding carboxylic acids is 1. The summed E-state index contributed by atoms with van der Waals surface area (Å²) in [5.41, 5.74) is 0.508. The van der Waals surface area contributed by atoms with E-state index >= 15 is 0 Å². The van der Waals surface area contributed by atoms with Crippen molar-refractivity contribution in [1.82, 2.24) is 0 Å². The second kappa shape index (κ2) is 5.17. The van der Waals surface area contributed by atoms with E-state index in [9.17, 15) is 17.8 Å². The lowest BCUT2D eigenvalue weighted by Gasteiger charge is -2.21. The van der Waals surface area contributed by atoms with Crippen LogP contribution in [0.15, 0.2) is 24.3 Å². The van der Waals surface area contributed by atoms with E-state index in [1.54, 1.807) is 37.6 Å². The van der Waals surface area contributed by atoms with Crippen LogP contribution in [0, 0.1) is 0 Å². The summed E-state index contributed by atoms with van der Waals surface area (Å²) < 4.78 is 35.0. The number of hydrogen-bond acceptors (Lipinski definition) is 4. The van der Waals surface area contributed by atoms with E-state index in [-0.39, 0.29) is 18.9 Å². The summed E-state index contributed by atoms with van der Waals surface area (Å²) in [5.74, 6) is -0.319. The minimum atomic E-state index is -3.78. The predicted molar refractivity (Wildman–Crippen MR) is 81.1 cm³/mol. The van der Waals surface area contributed by atoms with Gasteiger partial charge in [-0.2, -0.15) is 0 Å². The van der Waals surface area contributed by atoms with Crippen molar-refractivity contribution in [3.8, 4) is 0 Å². The van der Waals surface area contributed by atoms with Crippen LogP contribution in [0.25, 0.3) is 0 Å². The normalized spacial score (nSPS) is 20.4. The lowest BCUT2D eigenvalue weighted by atomic mass is 10.3. The quantitative estimate of drug-likeness (QED) is 0.621. The number of hydrogen-bond donors (Lipinski definition) is 0. The van der Waals surface area contributed by atoms with Crippen molar-refractivity contribution in [2.24, 2.45) is 0 Å². The minimum Gasteiger partial charge on any atom is -0.319 e. The molecule has 1 saturated heterocycles. The molecule has 1 unspecified atom stereocenters. The van der Waals surface area contributed by atoms with Gasteiger partial charge in [0.2, 0.25) is 15.0 Å². The number of amides is 1. The van der Waals surface area contributed by atoms with Crippen LogP contribution < -0.4 is 10.2 Å². The topological polar surface area (TPSA) is 71.5 Å². The lowest BCUT2D eigenvalue weighted by molar-refractivity contribution is -0.117. The van der Waals surface area contributed by atoms with Gasteiger partial charge in [-0.05, 0) is 25.5 Å². The molecule has 1 atom stereocenters. The first-order chi connectivity index (χ1) is 9.10. The molecule has 1 aliphatic heterocycles. The van der Waals surface area contributed by atoms with Crippen molar-refractivity contribution in [3.63, 3.8) is 0 Å². The van der Waals surface area contributed by atoms with Gasteiger partial charge in [-0.3, -0.25) is 4.79 Å². The molecule has 0 saturated carbocycles. The highest BCUT2D eigenvalue weighted by Gasteiger charge is 2.39. The Labute approximate surface area is 122 Å². The van der Waals surface area contributed by atoms with Gasteiger partial charge in [0.05, 0.1) is 5.69 Å². The average Bonchev–Trinajstić information content (AvgIpc) is 2.70. The number of benzene rings is 1. The fourth-order valence-electron chi connectivity index (χ4n) is 2.24. The van der Waals surface area contributed by atoms with Crippen LogP contribution >= 0.6 is 17.8 Å². The fraction of sp³-hybridized carbons (Fsp3) is 0.417. The molecular formula is C12H15ClNO4PS. The van der Waals surface area contributed by atoms with E-state index in [4.69, 9.17) is 10.7 Å². The number of anilines is 1. The molecule has 0 aliphatic carbocycles. The van der Waals surface area contributed by atoms with Crippen molar-refractivity contribution in [2.45, 2.75) is 11.7 Å². The van der Waals surface area contributed by atoms with E-state index in [2.05, 4.69) is 0 Å². The standard InChI is InChI=1S/C12H15ClNO4PS/c1-19(2,16)11-6-4-3-5-10(11)14-8-9(7-12(14)15)20(13,17)18/h3-6,9H,7-8H2,1-2H3. The van der Waals surface area contributed by atoms with Crippen molar-refractivity contribution < 1.29 is 17.8 Å². The van der Waals surface area contributed by atoms with Crippen LogP contribution in [0.4, 0.5) is 5.69 Å². The smallest absolute Gasteiger partial charge is 0.237 e. The average molecular weight is 336 g/mol. The van der Waals surface area contributed by atoms with Crippen molar-refractivity contribution in [3.05, 3.63) is 24.3 Å². The summed E-state index contributed by atoms with van der Waals surface area (Å²) in [6, 6.07) is 6.85. The number of para-hydroxylation sites is 1. The van der Waals surface area contributed by atoms with Crippen LogP contribution in [0.3, 0.4) is 0 Å². The molecule has 2 rings (SSSR count). The van der Waals surface area contributed by atoms with Crippen LogP contribution in [-0.4, -0.2) is 39.4 Å². The second-order valence-corrected chi connectivity index (χ2v) is 11.2. The van der Waals surface area contributed by atoms with Gasteiger partial charge in [0.25, 0.3) is 0 Å². The fourth-order valence-corrected chi connectivity index (χ4v) is 4.46. The molecular weight excluding hydrogens is 321 g/mol. The highest BCUT2D eigenvalue weighted by atomic mass is 35.7. The molecule has 0 bridgehead atoms. The highest BCUT2D eigenvalue weighted by molar-refractivity contribution is 8.14. The van der Waals surface area contributed by atoms with Gasteiger partial charge in [0, 0.05) is 29.0 Å². The molecule has 1 aromatic carbocycles. The number of halogens is 1. The van der Waals surface area contributed by atoms with E-state index < -0.39 is 21.4 Å². The summed E-state index contributed by atoms with van der Waals surface area (Å²) in [6.45, 7) is 3.23. The third-order valence-electron chi connectivity index (χ3n) is 3.24. The zero-order valence-electron chi connectivity index (χ0n) is 11.1. The van der Waals surface area contributed by atoms with Crippen LogP contribution in [0.1, 0.15) is 6.42 Å². The summed E-state index contributed by atoms with van der Waals surface area (Å²) in [5, 5.41) is -0.348. The van der Waals surface area contributed by atoms with Crippen molar-refractivity contribution in [2.75, 3.05) is 24.8 Å². The van der Waals surface area contributed by atoms with Gasteiger partial charge in [-0.1, -0.05) is 12.1 Å². The molecule has 1 aliphatic rings. The van der Waals surface area contributed by atoms with E-state index in [1.807, 2.05) is 0 Å². The lowest BCUT2D eigenvalue weighted by Crippen LogP contribution is -2.30. The number of carbonyl (C=O) groups is 1. The first-order valence-corrected chi connectivity index (χ1v) is 11.0. The summed E-state index contributed by atoms with van der Waals surface area (Å²) in [4.78, 5) is 13.4. The molecule has 1 amide bonds. The molecule has 0 spiro atoms. The first kappa shape index (κ1) is 15.5. The van der Waals surface area contributed by atoms with Gasteiger partial charge in [0.1, 0.15) is 12.4 Å². The molecule has 1 fully saturated rings. The Morgan fingerprint density at radius 1 is 1.30 bits per heavy atom. The number of nitrogens with zero attached hydrogens (tertiary/aromatic N) is 1. The van der Waals surface area contributed by atoms with Gasteiger partial charge in [-0.15, -0.1) is 0 Å². The summed E-state index contributed by atoms with van der Waals surface area (Å²) in [6.07, 6.45) is -0.141. The van der Waals surface area contributed by atoms with E-state index in [1.165, 1.54) is 4.90 Å². The Morgan fingerprint density at radius 3 is 2.40 bits per heavy atom. The molecule has 1 heterocycles. The van der Waals surface area contributed by atoms with Crippen LogP contribution in [0.2, 0.25) is 0 Å². The van der Waals surface area contributed by atoms with Gasteiger partial charge >= 0.3 is 0 Å². The summed E-state index contributed by atoms with van der Waals surface area (Å²) >= 11 is 0. The Morgan fingerprint density at radius 2 is 1.90 bits per heavy atom. The van der Waals surface area contributed by atoms with Gasteiger partial charge in [0.15, 0.2) is 0 Å². The summed E-state index contributed by atoms with van der Waals surface area (Å²) in [7, 11) is -1.03. The molecule has 110 valence electrons. The largest absolute Gasteiger partial charge is 0.319 e. The molecule has 5 nitrogen and oxygen atoms in total. The highest BCUT2D eigenvalue weighted by Crippen LogP contribution is 2.39. The minimum absolute atomic E-state index is 0.00167. The SMILES string of the molecule is CP(C)(=O)c1ccccc1N1CC(S(=O)(=O)Cl)CC1=O. The van der Waals surface area contributed by atoms with E-state index in [0.29, 0.717) is 11.0 Å². The van der Waals surface area contributed by atoms with E-state index in [0.717, 1.165) is 0 Å². The predicted octanol–water partition coefficient (Wildman–Crippen LogP) is 1.61. The van der Waals surface area contributed by atoms with Crippen molar-refractivity contribution in [1.29, 1.82) is 0 Å². The molecule has 1 aromatic rings. The monoisotopic (exact) mass is 335 g/mol.